The van der Waals surface area contributed by atoms with Gasteiger partial charge in [0.2, 0.25) is 0 Å². The number of nitrogens with one attached hydrogen (secondary N) is 1. The van der Waals surface area contributed by atoms with E-state index >= 15 is 0 Å². The molecule has 2 aromatic rings. The average Bonchev–Trinajstić information content (AvgIpc) is 2.40. The van der Waals surface area contributed by atoms with Gasteiger partial charge in [-0.15, -0.1) is 0 Å². The number of ether oxygens (including phenoxy) is 1. The summed E-state index contributed by atoms with van der Waals surface area (Å²) in [5, 5.41) is 2.85. The van der Waals surface area contributed by atoms with Crippen LogP contribution >= 0.6 is 0 Å². The minimum Gasteiger partial charge on any atom is -0.464 e. The van der Waals surface area contributed by atoms with E-state index in [1.807, 2.05) is 0 Å². The highest BCUT2D eigenvalue weighted by Gasteiger charge is 2.10. The summed E-state index contributed by atoms with van der Waals surface area (Å²) in [6.45, 7) is 0. The monoisotopic (exact) mass is 261 g/mol. The molecule has 0 amide bonds. The van der Waals surface area contributed by atoms with Crippen LogP contribution in [-0.2, 0) is 4.74 Å². The fraction of sp³-hybridized carbons (Fsp3) is 0.0769. The molecule has 98 valence electrons. The van der Waals surface area contributed by atoms with Gasteiger partial charge in [0.15, 0.2) is 11.5 Å². The normalized spacial score (nSPS) is 10.0. The summed E-state index contributed by atoms with van der Waals surface area (Å²) in [5.74, 6) is -0.677. The van der Waals surface area contributed by atoms with Gasteiger partial charge in [-0.05, 0) is 30.3 Å². The number of hydrogen-bond donors (Lipinski definition) is 2. The molecule has 3 N–H and O–H groups in total. The summed E-state index contributed by atoms with van der Waals surface area (Å²) in [6, 6.07) is 8.82. The molecule has 1 aromatic carbocycles. The number of halogens is 1. The van der Waals surface area contributed by atoms with Crippen LogP contribution in [0.15, 0.2) is 36.4 Å². The summed E-state index contributed by atoms with van der Waals surface area (Å²) in [6.07, 6.45) is 0. The molecule has 2 rings (SSSR count). The molecule has 1 aromatic heterocycles. The van der Waals surface area contributed by atoms with Crippen LogP contribution in [-0.4, -0.2) is 18.1 Å². The molecule has 0 spiro atoms. The van der Waals surface area contributed by atoms with E-state index in [0.29, 0.717) is 11.4 Å². The molecule has 0 aliphatic heterocycles. The van der Waals surface area contributed by atoms with E-state index in [1.165, 1.54) is 31.4 Å². The van der Waals surface area contributed by atoms with E-state index in [1.54, 1.807) is 12.1 Å². The Morgan fingerprint density at radius 1 is 1.37 bits per heavy atom. The number of nitrogens with zero attached hydrogens (tertiary/aromatic N) is 1. The van der Waals surface area contributed by atoms with Crippen molar-refractivity contribution in [3.8, 4) is 0 Å². The number of nitrogen functional groups attached to an aromatic ring is 1. The lowest BCUT2D eigenvalue weighted by Gasteiger charge is -2.09. The maximum Gasteiger partial charge on any atom is 0.356 e. The van der Waals surface area contributed by atoms with Crippen LogP contribution in [0.4, 0.5) is 21.6 Å². The zero-order valence-corrected chi connectivity index (χ0v) is 10.2. The third-order valence-corrected chi connectivity index (χ3v) is 2.41. The van der Waals surface area contributed by atoms with E-state index in [9.17, 15) is 9.18 Å². The number of esters is 1. The third-order valence-electron chi connectivity index (χ3n) is 2.41. The Hall–Kier alpha value is -2.63. The number of nitrogens with two attached hydrogens (primary N) is 1. The van der Waals surface area contributed by atoms with Gasteiger partial charge in [-0.1, -0.05) is 6.07 Å². The van der Waals surface area contributed by atoms with Gasteiger partial charge in [-0.3, -0.25) is 0 Å². The summed E-state index contributed by atoms with van der Waals surface area (Å²) >= 11 is 0. The fourth-order valence-corrected chi connectivity index (χ4v) is 1.49. The predicted octanol–water partition coefficient (Wildman–Crippen LogP) is 2.33. The second-order valence-electron chi connectivity index (χ2n) is 3.76. The molecule has 0 saturated carbocycles. The smallest absolute Gasteiger partial charge is 0.356 e. The molecule has 0 bridgehead atoms. The molecule has 0 radical (unpaired) electrons. The van der Waals surface area contributed by atoms with Crippen molar-refractivity contribution in [1.82, 2.24) is 4.98 Å². The number of methoxy groups -OCH3 is 1. The maximum atomic E-state index is 13.1. The van der Waals surface area contributed by atoms with E-state index < -0.39 is 5.97 Å². The molecule has 0 saturated heterocycles. The van der Waals surface area contributed by atoms with E-state index in [2.05, 4.69) is 15.0 Å². The fourth-order valence-electron chi connectivity index (χ4n) is 1.49. The minimum absolute atomic E-state index is 0.121. The number of benzene rings is 1. The topological polar surface area (TPSA) is 77.2 Å². The summed E-state index contributed by atoms with van der Waals surface area (Å²) < 4.78 is 17.6. The number of carbonyl (C=O) groups excluding carboxylic acids is 1. The van der Waals surface area contributed by atoms with E-state index in [0.717, 1.165) is 0 Å². The first-order valence-corrected chi connectivity index (χ1v) is 5.47. The minimum atomic E-state index is -0.567. The lowest BCUT2D eigenvalue weighted by molar-refractivity contribution is 0.0594. The Morgan fingerprint density at radius 3 is 2.84 bits per heavy atom. The van der Waals surface area contributed by atoms with Gasteiger partial charge in [-0.25, -0.2) is 14.2 Å². The maximum absolute atomic E-state index is 13.1. The van der Waals surface area contributed by atoms with Crippen LogP contribution < -0.4 is 11.1 Å². The van der Waals surface area contributed by atoms with Gasteiger partial charge in [0, 0.05) is 5.69 Å². The Bertz CT molecular complexity index is 617. The Morgan fingerprint density at radius 2 is 2.16 bits per heavy atom. The van der Waals surface area contributed by atoms with E-state index in [4.69, 9.17) is 5.73 Å². The summed E-state index contributed by atoms with van der Waals surface area (Å²) in [5.41, 5.74) is 6.70. The predicted molar refractivity (Wildman–Crippen MR) is 69.7 cm³/mol. The van der Waals surface area contributed by atoms with Crippen LogP contribution in [0, 0.1) is 5.82 Å². The van der Waals surface area contributed by atoms with Crippen LogP contribution in [0.2, 0.25) is 0 Å². The zero-order valence-electron chi connectivity index (χ0n) is 10.2. The number of pyridine rings is 1. The van der Waals surface area contributed by atoms with Gasteiger partial charge in [0.1, 0.15) is 5.82 Å². The number of rotatable bonds is 3. The van der Waals surface area contributed by atoms with Crippen molar-refractivity contribution in [2.75, 3.05) is 18.2 Å². The number of carbonyl (C=O) groups is 1. The molecular formula is C13H12FN3O2. The molecule has 19 heavy (non-hydrogen) atoms. The lowest BCUT2D eigenvalue weighted by atomic mass is 10.3. The molecule has 0 fully saturated rings. The summed E-state index contributed by atoms with van der Waals surface area (Å²) in [7, 11) is 1.26. The molecule has 0 unspecified atom stereocenters. The molecular weight excluding hydrogens is 249 g/mol. The van der Waals surface area contributed by atoms with Crippen LogP contribution in [0.1, 0.15) is 10.5 Å². The highest BCUT2D eigenvalue weighted by Crippen LogP contribution is 2.21. The molecule has 6 heteroatoms. The number of hydrogen-bond acceptors (Lipinski definition) is 5. The average molecular weight is 261 g/mol. The number of aromatic nitrogens is 1. The first-order chi connectivity index (χ1) is 9.10. The van der Waals surface area contributed by atoms with Crippen LogP contribution in [0.3, 0.4) is 0 Å². The molecule has 5 nitrogen and oxygen atoms in total. The van der Waals surface area contributed by atoms with Gasteiger partial charge >= 0.3 is 5.97 Å². The Balaban J connectivity index is 2.31. The van der Waals surface area contributed by atoms with Crippen LogP contribution in [0.5, 0.6) is 0 Å². The molecule has 0 atom stereocenters. The molecule has 0 aliphatic carbocycles. The second-order valence-corrected chi connectivity index (χ2v) is 3.76. The van der Waals surface area contributed by atoms with Gasteiger partial charge in [0.25, 0.3) is 0 Å². The Labute approximate surface area is 109 Å². The third kappa shape index (κ3) is 2.98. The van der Waals surface area contributed by atoms with Crippen molar-refractivity contribution in [2.24, 2.45) is 0 Å². The Kier molecular flexibility index (Phi) is 3.61. The van der Waals surface area contributed by atoms with Crippen molar-refractivity contribution < 1.29 is 13.9 Å². The summed E-state index contributed by atoms with van der Waals surface area (Å²) in [4.78, 5) is 15.4. The quantitative estimate of drug-likeness (QED) is 0.829. The standard InChI is InChI=1S/C13H12FN3O2/c1-19-13(18)11-6-5-10(15)12(17-11)16-9-4-2-3-8(14)7-9/h2-7H,15H2,1H3,(H,16,17). The van der Waals surface area contributed by atoms with Crippen molar-refractivity contribution in [3.05, 3.63) is 47.9 Å². The zero-order chi connectivity index (χ0) is 13.8. The first kappa shape index (κ1) is 12.8. The van der Waals surface area contributed by atoms with Crippen molar-refractivity contribution in [2.45, 2.75) is 0 Å². The highest BCUT2D eigenvalue weighted by molar-refractivity contribution is 5.88. The molecule has 1 heterocycles. The largest absolute Gasteiger partial charge is 0.464 e. The second kappa shape index (κ2) is 5.34. The van der Waals surface area contributed by atoms with Crippen molar-refractivity contribution in [1.29, 1.82) is 0 Å². The lowest BCUT2D eigenvalue weighted by Crippen LogP contribution is -2.07. The van der Waals surface area contributed by atoms with Gasteiger partial charge < -0.3 is 15.8 Å². The van der Waals surface area contributed by atoms with E-state index in [-0.39, 0.29) is 17.3 Å². The highest BCUT2D eigenvalue weighted by atomic mass is 19.1. The van der Waals surface area contributed by atoms with Gasteiger partial charge in [-0.2, -0.15) is 0 Å². The SMILES string of the molecule is COC(=O)c1ccc(N)c(Nc2cccc(F)c2)n1. The van der Waals surface area contributed by atoms with Crippen molar-refractivity contribution >= 4 is 23.2 Å². The van der Waals surface area contributed by atoms with Crippen molar-refractivity contribution in [3.63, 3.8) is 0 Å². The molecule has 0 aliphatic rings. The van der Waals surface area contributed by atoms with Gasteiger partial charge in [0.05, 0.1) is 12.8 Å². The first-order valence-electron chi connectivity index (χ1n) is 5.47. The number of anilines is 3. The van der Waals surface area contributed by atoms with Crippen LogP contribution in [0.25, 0.3) is 0 Å².